The second kappa shape index (κ2) is 43.0. The van der Waals surface area contributed by atoms with Crippen molar-refractivity contribution in [3.63, 3.8) is 0 Å². The average molecular weight is 750 g/mol. The molecule has 0 saturated heterocycles. The maximum absolute atomic E-state index is 12.6. The normalized spacial score (nSPS) is 11.4. The summed E-state index contributed by atoms with van der Waals surface area (Å²) in [5, 5.41) is 17.4. The van der Waals surface area contributed by atoms with Gasteiger partial charge in [-0.05, 0) is 38.5 Å². The zero-order valence-corrected chi connectivity index (χ0v) is 32.6. The molecule has 0 spiro atoms. The molecule has 0 aliphatic heterocycles. The van der Waals surface area contributed by atoms with Crippen LogP contribution in [0.5, 0.6) is 0 Å². The summed E-state index contributed by atoms with van der Waals surface area (Å²) in [4.78, 5) is 47.9. The number of nitrogens with two attached hydrogens (primary N) is 2. The van der Waals surface area contributed by atoms with E-state index in [9.17, 15) is 19.2 Å². The molecule has 1 unspecified atom stereocenters. The van der Waals surface area contributed by atoms with Crippen molar-refractivity contribution in [3.05, 3.63) is 0 Å². The van der Waals surface area contributed by atoms with Crippen molar-refractivity contribution in [2.45, 2.75) is 123 Å². The van der Waals surface area contributed by atoms with Gasteiger partial charge in [-0.15, -0.1) is 0 Å². The minimum atomic E-state index is -0.740. The molecule has 0 aromatic carbocycles. The maximum atomic E-state index is 12.6. The van der Waals surface area contributed by atoms with Gasteiger partial charge in [0, 0.05) is 71.1 Å². The lowest BCUT2D eigenvalue weighted by molar-refractivity contribution is -0.137. The Balaban J connectivity index is 0. The second-order valence-electron chi connectivity index (χ2n) is 12.4. The van der Waals surface area contributed by atoms with Crippen molar-refractivity contribution in [2.24, 2.45) is 11.5 Å². The van der Waals surface area contributed by atoms with E-state index in [0.717, 1.165) is 70.8 Å². The Kier molecular flexibility index (Phi) is 42.8. The number of hydrogen-bond donors (Lipinski definition) is 6. The zero-order chi connectivity index (χ0) is 38.8. The molecular weight excluding hydrogens is 674 g/mol. The molecular formula is C37H75N5O10. The summed E-state index contributed by atoms with van der Waals surface area (Å²) in [6, 6.07) is -0.279. The largest absolute Gasteiger partial charge is 0.481 e. The van der Waals surface area contributed by atoms with Crippen molar-refractivity contribution in [2.75, 3.05) is 92.2 Å². The van der Waals surface area contributed by atoms with Crippen molar-refractivity contribution >= 4 is 23.7 Å². The summed E-state index contributed by atoms with van der Waals surface area (Å²) in [6.45, 7) is 11.4. The van der Waals surface area contributed by atoms with E-state index in [-0.39, 0.29) is 43.0 Å². The molecule has 8 N–H and O–H groups in total. The molecule has 3 amide bonds. The number of carbonyl (C=O) groups is 4. The SMILES string of the molecule is CCCOCCN.CCCOCCNC(=O)CCC(CCC(=O)NCCOCCOCCOCCN)NC(=O)CCCCCCCCCCC(=O)O. The number of amides is 3. The molecule has 52 heavy (non-hydrogen) atoms. The van der Waals surface area contributed by atoms with Crippen LogP contribution in [-0.4, -0.2) is 127 Å². The molecule has 0 heterocycles. The first kappa shape index (κ1) is 51.7. The van der Waals surface area contributed by atoms with Gasteiger partial charge in [-0.1, -0.05) is 52.4 Å². The Bertz CT molecular complexity index is 822. The molecule has 1 atom stereocenters. The molecule has 0 fully saturated rings. The predicted molar refractivity (Wildman–Crippen MR) is 203 cm³/mol. The third-order valence-corrected chi connectivity index (χ3v) is 7.45. The topological polar surface area (TPSA) is 223 Å². The molecule has 15 nitrogen and oxygen atoms in total. The van der Waals surface area contributed by atoms with Crippen LogP contribution >= 0.6 is 0 Å². The minimum absolute atomic E-state index is 0.0657. The standard InChI is InChI=1S/C32H62N4O9.C5H13NO/c1-2-20-42-22-18-34-29(37)15-13-28(36-31(39)11-9-7-5-3-4-6-8-10-12-32(40)41)14-16-30(38)35-19-23-44-25-27-45-26-24-43-21-17-33;1-2-4-7-5-3-6/h28H,2-27,33H2,1H3,(H,34,37)(H,35,38)(H,36,39)(H,40,41);2-6H2,1H3. The summed E-state index contributed by atoms with van der Waals surface area (Å²) in [5.41, 5.74) is 10.5. The first-order valence-corrected chi connectivity index (χ1v) is 19.6. The summed E-state index contributed by atoms with van der Waals surface area (Å²) < 4.78 is 26.5. The molecule has 0 aromatic rings. The van der Waals surface area contributed by atoms with Crippen molar-refractivity contribution in [1.29, 1.82) is 0 Å². The van der Waals surface area contributed by atoms with E-state index in [1.165, 1.54) is 0 Å². The lowest BCUT2D eigenvalue weighted by Gasteiger charge is -2.19. The molecule has 0 saturated carbocycles. The first-order chi connectivity index (χ1) is 25.3. The van der Waals surface area contributed by atoms with Crippen LogP contribution in [0, 0.1) is 0 Å². The Labute approximate surface area is 313 Å². The van der Waals surface area contributed by atoms with Gasteiger partial charge in [-0.3, -0.25) is 19.2 Å². The van der Waals surface area contributed by atoms with Gasteiger partial charge in [0.25, 0.3) is 0 Å². The zero-order valence-electron chi connectivity index (χ0n) is 32.6. The molecule has 0 aliphatic rings. The van der Waals surface area contributed by atoms with E-state index < -0.39 is 5.97 Å². The van der Waals surface area contributed by atoms with Gasteiger partial charge in [0.05, 0.1) is 52.9 Å². The molecule has 0 aromatic heterocycles. The minimum Gasteiger partial charge on any atom is -0.481 e. The van der Waals surface area contributed by atoms with E-state index >= 15 is 0 Å². The third-order valence-electron chi connectivity index (χ3n) is 7.45. The van der Waals surface area contributed by atoms with E-state index in [0.29, 0.717) is 105 Å². The highest BCUT2D eigenvalue weighted by Gasteiger charge is 2.16. The fraction of sp³-hybridized carbons (Fsp3) is 0.892. The Morgan fingerprint density at radius 1 is 0.500 bits per heavy atom. The van der Waals surface area contributed by atoms with Gasteiger partial charge in [0.2, 0.25) is 17.7 Å². The fourth-order valence-corrected chi connectivity index (χ4v) is 4.72. The van der Waals surface area contributed by atoms with Crippen molar-refractivity contribution in [1.82, 2.24) is 16.0 Å². The number of carboxylic acid groups (broad SMARTS) is 1. The highest BCUT2D eigenvalue weighted by molar-refractivity contribution is 5.78. The van der Waals surface area contributed by atoms with Crippen molar-refractivity contribution in [3.8, 4) is 0 Å². The third kappa shape index (κ3) is 43.8. The van der Waals surface area contributed by atoms with Gasteiger partial charge < -0.3 is 56.2 Å². The number of carbonyl (C=O) groups excluding carboxylic acids is 3. The number of rotatable bonds is 38. The van der Waals surface area contributed by atoms with E-state index in [1.807, 2.05) is 6.92 Å². The number of carboxylic acids is 1. The van der Waals surface area contributed by atoms with Crippen LogP contribution < -0.4 is 27.4 Å². The quantitative estimate of drug-likeness (QED) is 0.0502. The number of nitrogens with one attached hydrogen (secondary N) is 3. The molecule has 308 valence electrons. The van der Waals surface area contributed by atoms with Crippen LogP contribution in [0.1, 0.15) is 117 Å². The Morgan fingerprint density at radius 2 is 0.885 bits per heavy atom. The smallest absolute Gasteiger partial charge is 0.303 e. The van der Waals surface area contributed by atoms with E-state index in [1.54, 1.807) is 0 Å². The Hall–Kier alpha value is -2.40. The predicted octanol–water partition coefficient (Wildman–Crippen LogP) is 3.06. The number of hydrogen-bond acceptors (Lipinski definition) is 11. The fourth-order valence-electron chi connectivity index (χ4n) is 4.72. The average Bonchev–Trinajstić information content (AvgIpc) is 3.12. The molecule has 0 radical (unpaired) electrons. The van der Waals surface area contributed by atoms with E-state index in [2.05, 4.69) is 22.9 Å². The van der Waals surface area contributed by atoms with Crippen LogP contribution in [0.25, 0.3) is 0 Å². The number of unbranched alkanes of at least 4 members (excludes halogenated alkanes) is 7. The second-order valence-corrected chi connectivity index (χ2v) is 12.4. The van der Waals surface area contributed by atoms with Crippen LogP contribution in [-0.2, 0) is 42.9 Å². The van der Waals surface area contributed by atoms with Gasteiger partial charge in [0.1, 0.15) is 0 Å². The van der Waals surface area contributed by atoms with Crippen LogP contribution in [0.15, 0.2) is 0 Å². The van der Waals surface area contributed by atoms with Gasteiger partial charge in [-0.25, -0.2) is 0 Å². The first-order valence-electron chi connectivity index (χ1n) is 19.6. The lowest BCUT2D eigenvalue weighted by atomic mass is 10.0. The maximum Gasteiger partial charge on any atom is 0.303 e. The molecule has 15 heteroatoms. The summed E-state index contributed by atoms with van der Waals surface area (Å²) in [5.74, 6) is -1.04. The molecule has 0 rings (SSSR count). The van der Waals surface area contributed by atoms with Gasteiger partial charge in [-0.2, -0.15) is 0 Å². The van der Waals surface area contributed by atoms with E-state index in [4.69, 9.17) is 40.3 Å². The number of ether oxygens (including phenoxy) is 5. The van der Waals surface area contributed by atoms with Crippen LogP contribution in [0.3, 0.4) is 0 Å². The molecule has 0 bridgehead atoms. The number of aliphatic carboxylic acids is 1. The highest BCUT2D eigenvalue weighted by Crippen LogP contribution is 2.12. The summed E-state index contributed by atoms with van der Waals surface area (Å²) in [6.07, 6.45) is 11.7. The van der Waals surface area contributed by atoms with Crippen LogP contribution in [0.2, 0.25) is 0 Å². The molecule has 0 aliphatic carbocycles. The van der Waals surface area contributed by atoms with Crippen LogP contribution in [0.4, 0.5) is 0 Å². The highest BCUT2D eigenvalue weighted by atomic mass is 16.5. The lowest BCUT2D eigenvalue weighted by Crippen LogP contribution is -2.37. The van der Waals surface area contributed by atoms with Gasteiger partial charge in [0.15, 0.2) is 0 Å². The monoisotopic (exact) mass is 750 g/mol. The Morgan fingerprint density at radius 3 is 1.33 bits per heavy atom. The summed E-state index contributed by atoms with van der Waals surface area (Å²) >= 11 is 0. The van der Waals surface area contributed by atoms with Gasteiger partial charge >= 0.3 is 5.97 Å². The van der Waals surface area contributed by atoms with Crippen molar-refractivity contribution < 1.29 is 48.0 Å². The summed E-state index contributed by atoms with van der Waals surface area (Å²) in [7, 11) is 0.